The summed E-state index contributed by atoms with van der Waals surface area (Å²) in [5, 5.41) is 13.7. The summed E-state index contributed by atoms with van der Waals surface area (Å²) < 4.78 is 26.1. The van der Waals surface area contributed by atoms with E-state index in [1.54, 1.807) is 20.8 Å². The van der Waals surface area contributed by atoms with Crippen LogP contribution in [0.25, 0.3) is 0 Å². The van der Waals surface area contributed by atoms with E-state index < -0.39 is 35.1 Å². The minimum atomic E-state index is -1.16. The molecule has 0 aliphatic heterocycles. The molecule has 1 atom stereocenters. The third kappa shape index (κ3) is 5.02. The van der Waals surface area contributed by atoms with E-state index in [9.17, 15) is 18.4 Å². The van der Waals surface area contributed by atoms with Gasteiger partial charge in [-0.2, -0.15) is 0 Å². The second-order valence-electron chi connectivity index (χ2n) is 5.70. The first-order valence-electron chi connectivity index (χ1n) is 6.32. The number of urea groups is 1. The number of hydrogen-bond acceptors (Lipinski definition) is 2. The van der Waals surface area contributed by atoms with E-state index in [1.165, 1.54) is 6.07 Å². The van der Waals surface area contributed by atoms with Gasteiger partial charge in [-0.1, -0.05) is 26.8 Å². The number of amides is 2. The second kappa shape index (κ2) is 6.51. The Bertz CT molecular complexity index is 542. The molecule has 3 N–H and O–H groups in total. The summed E-state index contributed by atoms with van der Waals surface area (Å²) in [6, 6.07) is 1.18. The van der Waals surface area contributed by atoms with Crippen molar-refractivity contribution >= 4 is 12.0 Å². The molecule has 0 aliphatic carbocycles. The van der Waals surface area contributed by atoms with E-state index in [0.717, 1.165) is 6.07 Å². The SMILES string of the molecule is CC(C)(C)C(NC(=O)NCc1ccc(F)cc1F)C(=O)O. The molecule has 0 heterocycles. The number of rotatable bonds is 4. The molecule has 1 aromatic rings. The zero-order chi connectivity index (χ0) is 16.2. The number of halogens is 2. The van der Waals surface area contributed by atoms with Gasteiger partial charge >= 0.3 is 12.0 Å². The van der Waals surface area contributed by atoms with Crippen LogP contribution >= 0.6 is 0 Å². The summed E-state index contributed by atoms with van der Waals surface area (Å²) in [5.74, 6) is -2.65. The lowest BCUT2D eigenvalue weighted by Crippen LogP contribution is -2.52. The maximum Gasteiger partial charge on any atom is 0.326 e. The van der Waals surface area contributed by atoms with Crippen molar-refractivity contribution < 1.29 is 23.5 Å². The smallest absolute Gasteiger partial charge is 0.326 e. The third-order valence-electron chi connectivity index (χ3n) is 2.84. The highest BCUT2D eigenvalue weighted by Crippen LogP contribution is 2.19. The van der Waals surface area contributed by atoms with Crippen LogP contribution in [0.3, 0.4) is 0 Å². The summed E-state index contributed by atoms with van der Waals surface area (Å²) in [7, 11) is 0. The molecule has 21 heavy (non-hydrogen) atoms. The minimum absolute atomic E-state index is 0.106. The van der Waals surface area contributed by atoms with Gasteiger partial charge in [0.15, 0.2) is 0 Å². The first-order valence-corrected chi connectivity index (χ1v) is 6.32. The van der Waals surface area contributed by atoms with Gasteiger partial charge < -0.3 is 15.7 Å². The van der Waals surface area contributed by atoms with Crippen LogP contribution in [-0.4, -0.2) is 23.1 Å². The molecule has 0 saturated heterocycles. The summed E-state index contributed by atoms with van der Waals surface area (Å²) in [4.78, 5) is 22.8. The van der Waals surface area contributed by atoms with Crippen LogP contribution in [0.5, 0.6) is 0 Å². The largest absolute Gasteiger partial charge is 0.480 e. The fourth-order valence-electron chi connectivity index (χ4n) is 1.67. The highest BCUT2D eigenvalue weighted by molar-refractivity contribution is 5.83. The van der Waals surface area contributed by atoms with E-state index in [4.69, 9.17) is 5.11 Å². The maximum atomic E-state index is 13.4. The predicted molar refractivity (Wildman–Crippen MR) is 72.6 cm³/mol. The molecule has 0 spiro atoms. The van der Waals surface area contributed by atoms with Crippen LogP contribution in [0.1, 0.15) is 26.3 Å². The molecule has 0 aliphatic rings. The van der Waals surface area contributed by atoms with Crippen molar-refractivity contribution in [2.75, 3.05) is 0 Å². The van der Waals surface area contributed by atoms with Crippen LogP contribution in [0.4, 0.5) is 13.6 Å². The van der Waals surface area contributed by atoms with Crippen LogP contribution < -0.4 is 10.6 Å². The molecule has 0 bridgehead atoms. The Hall–Kier alpha value is -2.18. The molecular weight excluding hydrogens is 282 g/mol. The number of benzene rings is 1. The number of carboxylic acid groups (broad SMARTS) is 1. The van der Waals surface area contributed by atoms with Crippen LogP contribution in [0.15, 0.2) is 18.2 Å². The Morgan fingerprint density at radius 2 is 1.90 bits per heavy atom. The molecule has 0 radical (unpaired) electrons. The lowest BCUT2D eigenvalue weighted by molar-refractivity contribution is -0.141. The normalized spacial score (nSPS) is 12.6. The molecule has 5 nitrogen and oxygen atoms in total. The number of aliphatic carboxylic acids is 1. The van der Waals surface area contributed by atoms with Gasteiger partial charge in [-0.05, 0) is 11.5 Å². The lowest BCUT2D eigenvalue weighted by Gasteiger charge is -2.27. The van der Waals surface area contributed by atoms with E-state index >= 15 is 0 Å². The Labute approximate surface area is 121 Å². The topological polar surface area (TPSA) is 78.4 Å². The summed E-state index contributed by atoms with van der Waals surface area (Å²) in [6.45, 7) is 4.84. The van der Waals surface area contributed by atoms with Crippen molar-refractivity contribution in [2.24, 2.45) is 5.41 Å². The molecular formula is C14H18F2N2O3. The Morgan fingerprint density at radius 1 is 1.29 bits per heavy atom. The maximum absolute atomic E-state index is 13.4. The lowest BCUT2D eigenvalue weighted by atomic mass is 9.87. The van der Waals surface area contributed by atoms with E-state index in [0.29, 0.717) is 6.07 Å². The quantitative estimate of drug-likeness (QED) is 0.798. The number of carbonyl (C=O) groups is 2. The zero-order valence-electron chi connectivity index (χ0n) is 12.0. The standard InChI is InChI=1S/C14H18F2N2O3/c1-14(2,3)11(12(19)20)18-13(21)17-7-8-4-5-9(15)6-10(8)16/h4-6,11H,7H2,1-3H3,(H,19,20)(H2,17,18,21). The summed E-state index contributed by atoms with van der Waals surface area (Å²) >= 11 is 0. The van der Waals surface area contributed by atoms with Crippen molar-refractivity contribution in [3.8, 4) is 0 Å². The number of carboxylic acids is 1. The Balaban J connectivity index is 2.63. The molecule has 7 heteroatoms. The fourth-order valence-corrected chi connectivity index (χ4v) is 1.67. The van der Waals surface area contributed by atoms with E-state index in [2.05, 4.69) is 10.6 Å². The van der Waals surface area contributed by atoms with Crippen LogP contribution in [0, 0.1) is 17.0 Å². The molecule has 0 fully saturated rings. The molecule has 1 unspecified atom stereocenters. The van der Waals surface area contributed by atoms with Gasteiger partial charge in [0.2, 0.25) is 0 Å². The molecule has 1 aromatic carbocycles. The van der Waals surface area contributed by atoms with Crippen molar-refractivity contribution in [3.63, 3.8) is 0 Å². The highest BCUT2D eigenvalue weighted by atomic mass is 19.1. The Kier molecular flexibility index (Phi) is 5.23. The van der Waals surface area contributed by atoms with Crippen molar-refractivity contribution in [1.82, 2.24) is 10.6 Å². The molecule has 1 rings (SSSR count). The van der Waals surface area contributed by atoms with E-state index in [1.807, 2.05) is 0 Å². The molecule has 116 valence electrons. The first-order chi connectivity index (χ1) is 9.61. The van der Waals surface area contributed by atoms with Gasteiger partial charge in [0, 0.05) is 18.2 Å². The van der Waals surface area contributed by atoms with Gasteiger partial charge in [0.1, 0.15) is 17.7 Å². The first kappa shape index (κ1) is 16.9. The number of carbonyl (C=O) groups excluding carboxylic acids is 1. The zero-order valence-corrected chi connectivity index (χ0v) is 12.0. The monoisotopic (exact) mass is 300 g/mol. The fraction of sp³-hybridized carbons (Fsp3) is 0.429. The van der Waals surface area contributed by atoms with Crippen molar-refractivity contribution in [1.29, 1.82) is 0 Å². The average Bonchev–Trinajstić information content (AvgIpc) is 2.33. The van der Waals surface area contributed by atoms with Gasteiger partial charge in [0.05, 0.1) is 0 Å². The highest BCUT2D eigenvalue weighted by Gasteiger charge is 2.32. The van der Waals surface area contributed by atoms with Gasteiger partial charge in [-0.15, -0.1) is 0 Å². The van der Waals surface area contributed by atoms with Gasteiger partial charge in [-0.25, -0.2) is 18.4 Å². The second-order valence-corrected chi connectivity index (χ2v) is 5.70. The van der Waals surface area contributed by atoms with Crippen molar-refractivity contribution in [3.05, 3.63) is 35.4 Å². The third-order valence-corrected chi connectivity index (χ3v) is 2.84. The Morgan fingerprint density at radius 3 is 2.38 bits per heavy atom. The number of nitrogens with one attached hydrogen (secondary N) is 2. The molecule has 0 saturated carbocycles. The van der Waals surface area contributed by atoms with E-state index in [-0.39, 0.29) is 12.1 Å². The summed E-state index contributed by atoms with van der Waals surface area (Å²) in [5.41, 5.74) is -0.571. The number of hydrogen-bond donors (Lipinski definition) is 3. The van der Waals surface area contributed by atoms with Gasteiger partial charge in [0.25, 0.3) is 0 Å². The van der Waals surface area contributed by atoms with Crippen LogP contribution in [-0.2, 0) is 11.3 Å². The van der Waals surface area contributed by atoms with Gasteiger partial charge in [-0.3, -0.25) is 0 Å². The average molecular weight is 300 g/mol. The van der Waals surface area contributed by atoms with Crippen molar-refractivity contribution in [2.45, 2.75) is 33.4 Å². The molecule has 2 amide bonds. The summed E-state index contributed by atoms with van der Waals surface area (Å²) in [6.07, 6.45) is 0. The minimum Gasteiger partial charge on any atom is -0.480 e. The van der Waals surface area contributed by atoms with Crippen LogP contribution in [0.2, 0.25) is 0 Å². The molecule has 0 aromatic heterocycles. The predicted octanol–water partition coefficient (Wildman–Crippen LogP) is 2.26.